The largest absolute Gasteiger partial charge is 0.381 e. The van der Waals surface area contributed by atoms with Crippen LogP contribution in [0.15, 0.2) is 0 Å². The highest BCUT2D eigenvalue weighted by Gasteiger charge is 2.48. The third-order valence-electron chi connectivity index (χ3n) is 4.69. The van der Waals surface area contributed by atoms with Crippen LogP contribution in [-0.2, 0) is 9.53 Å². The smallest absolute Gasteiger partial charge is 0.234 e. The van der Waals surface area contributed by atoms with Gasteiger partial charge in [0.25, 0.3) is 0 Å². The molecule has 0 heterocycles. The Balaban J connectivity index is 1.67. The summed E-state index contributed by atoms with van der Waals surface area (Å²) in [5, 5.41) is 6.46. The molecule has 18 heavy (non-hydrogen) atoms. The Kier molecular flexibility index (Phi) is 4.28. The Morgan fingerprint density at radius 2 is 2.00 bits per heavy atom. The molecule has 2 atom stereocenters. The van der Waals surface area contributed by atoms with Gasteiger partial charge >= 0.3 is 0 Å². The second kappa shape index (κ2) is 5.57. The van der Waals surface area contributed by atoms with Crippen molar-refractivity contribution in [2.45, 2.75) is 64.1 Å². The van der Waals surface area contributed by atoms with E-state index in [1.807, 2.05) is 0 Å². The van der Waals surface area contributed by atoms with Crippen molar-refractivity contribution in [3.05, 3.63) is 0 Å². The number of ether oxygens (including phenoxy) is 1. The molecule has 0 aliphatic heterocycles. The van der Waals surface area contributed by atoms with Crippen molar-refractivity contribution < 1.29 is 9.53 Å². The minimum Gasteiger partial charge on any atom is -0.381 e. The summed E-state index contributed by atoms with van der Waals surface area (Å²) in [7, 11) is 1.76. The molecule has 1 amide bonds. The van der Waals surface area contributed by atoms with E-state index in [-0.39, 0.29) is 11.3 Å². The van der Waals surface area contributed by atoms with E-state index in [0.29, 0.717) is 24.7 Å². The van der Waals surface area contributed by atoms with E-state index in [0.717, 1.165) is 19.3 Å². The van der Waals surface area contributed by atoms with Gasteiger partial charge in [0, 0.05) is 24.6 Å². The molecule has 0 spiro atoms. The van der Waals surface area contributed by atoms with Crippen LogP contribution in [0.4, 0.5) is 0 Å². The Morgan fingerprint density at radius 1 is 1.33 bits per heavy atom. The second-order valence-electron chi connectivity index (χ2n) is 6.26. The lowest BCUT2D eigenvalue weighted by atomic mass is 9.64. The highest BCUT2D eigenvalue weighted by atomic mass is 16.5. The van der Waals surface area contributed by atoms with Crippen molar-refractivity contribution >= 4 is 5.91 Å². The third-order valence-corrected chi connectivity index (χ3v) is 4.69. The Hall–Kier alpha value is -0.610. The van der Waals surface area contributed by atoms with E-state index in [1.54, 1.807) is 7.11 Å². The lowest BCUT2D eigenvalue weighted by Gasteiger charge is -2.51. The predicted molar refractivity (Wildman–Crippen MR) is 71.4 cm³/mol. The molecular formula is C14H26N2O2. The number of hydrogen-bond donors (Lipinski definition) is 2. The number of carbonyl (C=O) groups excluding carboxylic acids is 1. The van der Waals surface area contributed by atoms with Gasteiger partial charge in [0.05, 0.1) is 12.6 Å². The zero-order valence-electron chi connectivity index (χ0n) is 11.8. The first kappa shape index (κ1) is 13.8. The average Bonchev–Trinajstić information content (AvgIpc) is 2.80. The van der Waals surface area contributed by atoms with Crippen LogP contribution in [0.25, 0.3) is 0 Å². The minimum absolute atomic E-state index is 0.127. The fraction of sp³-hybridized carbons (Fsp3) is 0.929. The van der Waals surface area contributed by atoms with Crippen molar-refractivity contribution in [3.8, 4) is 0 Å². The van der Waals surface area contributed by atoms with E-state index in [2.05, 4.69) is 24.5 Å². The van der Waals surface area contributed by atoms with Gasteiger partial charge in [0.2, 0.25) is 5.91 Å². The monoisotopic (exact) mass is 254 g/mol. The van der Waals surface area contributed by atoms with Crippen LogP contribution in [0.1, 0.15) is 46.0 Å². The first-order valence-corrected chi connectivity index (χ1v) is 7.09. The normalized spacial score (nSPS) is 31.1. The molecule has 0 bridgehead atoms. The molecule has 0 aromatic heterocycles. The van der Waals surface area contributed by atoms with Gasteiger partial charge in [-0.15, -0.1) is 0 Å². The lowest BCUT2D eigenvalue weighted by Crippen LogP contribution is -2.61. The molecule has 2 unspecified atom stereocenters. The molecule has 4 heteroatoms. The first-order valence-electron chi connectivity index (χ1n) is 7.09. The minimum atomic E-state index is 0.127. The molecular weight excluding hydrogens is 228 g/mol. The number of hydrogen-bond acceptors (Lipinski definition) is 3. The highest BCUT2D eigenvalue weighted by molar-refractivity contribution is 5.78. The van der Waals surface area contributed by atoms with E-state index in [9.17, 15) is 4.79 Å². The van der Waals surface area contributed by atoms with Crippen molar-refractivity contribution in [3.63, 3.8) is 0 Å². The molecule has 2 saturated carbocycles. The van der Waals surface area contributed by atoms with Crippen LogP contribution in [0.3, 0.4) is 0 Å². The number of rotatable bonds is 5. The van der Waals surface area contributed by atoms with Crippen molar-refractivity contribution in [1.29, 1.82) is 0 Å². The zero-order valence-corrected chi connectivity index (χ0v) is 11.8. The van der Waals surface area contributed by atoms with E-state index in [4.69, 9.17) is 4.74 Å². The van der Waals surface area contributed by atoms with Crippen LogP contribution < -0.4 is 10.6 Å². The van der Waals surface area contributed by atoms with Gasteiger partial charge in [0.1, 0.15) is 0 Å². The summed E-state index contributed by atoms with van der Waals surface area (Å²) in [5.74, 6) is 0.138. The summed E-state index contributed by atoms with van der Waals surface area (Å²) in [6, 6.07) is 0.803. The molecule has 0 radical (unpaired) electrons. The molecule has 4 nitrogen and oxygen atoms in total. The van der Waals surface area contributed by atoms with Gasteiger partial charge in [-0.1, -0.05) is 26.7 Å². The fourth-order valence-electron chi connectivity index (χ4n) is 3.20. The molecule has 0 aromatic rings. The van der Waals surface area contributed by atoms with Crippen LogP contribution in [0.2, 0.25) is 0 Å². The molecule has 0 saturated heterocycles. The summed E-state index contributed by atoms with van der Waals surface area (Å²) in [6.45, 7) is 4.81. The number of methoxy groups -OCH3 is 1. The first-order chi connectivity index (χ1) is 8.54. The third kappa shape index (κ3) is 2.86. The van der Waals surface area contributed by atoms with Gasteiger partial charge in [-0.2, -0.15) is 0 Å². The van der Waals surface area contributed by atoms with E-state index < -0.39 is 0 Å². The van der Waals surface area contributed by atoms with Crippen LogP contribution in [-0.4, -0.2) is 37.7 Å². The SMILES string of the molecule is COC1CC(NCC(=O)NC2CCCC2)C1(C)C. The molecule has 2 aliphatic carbocycles. The van der Waals surface area contributed by atoms with Crippen LogP contribution >= 0.6 is 0 Å². The Morgan fingerprint density at radius 3 is 2.56 bits per heavy atom. The Bertz CT molecular complexity index is 298. The maximum atomic E-state index is 11.8. The predicted octanol–water partition coefficient (Wildman–Crippen LogP) is 1.45. The molecule has 2 aliphatic rings. The molecule has 2 fully saturated rings. The number of nitrogens with one attached hydrogen (secondary N) is 2. The lowest BCUT2D eigenvalue weighted by molar-refractivity contribution is -0.124. The standard InChI is InChI=1S/C14H26N2O2/c1-14(2)11(8-12(14)18-3)15-9-13(17)16-10-6-4-5-7-10/h10-12,15H,4-9H2,1-3H3,(H,16,17). The quantitative estimate of drug-likeness (QED) is 0.780. The highest BCUT2D eigenvalue weighted by Crippen LogP contribution is 2.42. The maximum Gasteiger partial charge on any atom is 0.234 e. The number of carbonyl (C=O) groups is 1. The van der Waals surface area contributed by atoms with Crippen molar-refractivity contribution in [2.75, 3.05) is 13.7 Å². The van der Waals surface area contributed by atoms with E-state index in [1.165, 1.54) is 12.8 Å². The second-order valence-corrected chi connectivity index (χ2v) is 6.26. The van der Waals surface area contributed by atoms with Crippen LogP contribution in [0, 0.1) is 5.41 Å². The summed E-state index contributed by atoms with van der Waals surface area (Å²) in [4.78, 5) is 11.8. The molecule has 2 N–H and O–H groups in total. The zero-order chi connectivity index (χ0) is 13.2. The average molecular weight is 254 g/mol. The molecule has 0 aromatic carbocycles. The van der Waals surface area contributed by atoms with Gasteiger partial charge in [-0.25, -0.2) is 0 Å². The molecule has 2 rings (SSSR count). The van der Waals surface area contributed by atoms with Gasteiger partial charge in [-0.05, 0) is 19.3 Å². The summed E-state index contributed by atoms with van der Waals surface area (Å²) >= 11 is 0. The van der Waals surface area contributed by atoms with Gasteiger partial charge in [-0.3, -0.25) is 4.79 Å². The Labute approximate surface area is 110 Å². The summed E-state index contributed by atoms with van der Waals surface area (Å²) < 4.78 is 5.41. The summed E-state index contributed by atoms with van der Waals surface area (Å²) in [5.41, 5.74) is 0.127. The molecule has 104 valence electrons. The fourth-order valence-corrected chi connectivity index (χ4v) is 3.20. The van der Waals surface area contributed by atoms with Crippen molar-refractivity contribution in [2.24, 2.45) is 5.41 Å². The maximum absolute atomic E-state index is 11.8. The van der Waals surface area contributed by atoms with Crippen LogP contribution in [0.5, 0.6) is 0 Å². The topological polar surface area (TPSA) is 50.4 Å². The van der Waals surface area contributed by atoms with E-state index >= 15 is 0 Å². The van der Waals surface area contributed by atoms with Gasteiger partial charge in [0.15, 0.2) is 0 Å². The summed E-state index contributed by atoms with van der Waals surface area (Å²) in [6.07, 6.45) is 6.11. The number of amides is 1. The van der Waals surface area contributed by atoms with Gasteiger partial charge < -0.3 is 15.4 Å². The van der Waals surface area contributed by atoms with Crippen molar-refractivity contribution in [1.82, 2.24) is 10.6 Å².